The molecule has 2 N–H and O–H groups in total. The van der Waals surface area contributed by atoms with Crippen LogP contribution < -0.4 is 5.69 Å². The van der Waals surface area contributed by atoms with Crippen LogP contribution in [0.2, 0.25) is 0 Å². The SMILES string of the molecule is C=CC(CC)(CCCCCO)CCCCOCCCCC(C=C)(CC)CCCn1c(O)cn(CC)c1=O. The molecule has 0 aliphatic carbocycles. The number of aliphatic hydroxyl groups excluding tert-OH is 1. The van der Waals surface area contributed by atoms with Crippen molar-refractivity contribution >= 4 is 0 Å². The Hall–Kier alpha value is -1.79. The lowest BCUT2D eigenvalue weighted by Gasteiger charge is -2.30. The van der Waals surface area contributed by atoms with Gasteiger partial charge in [-0.15, -0.1) is 13.2 Å². The molecule has 37 heavy (non-hydrogen) atoms. The average Bonchev–Trinajstić information content (AvgIpc) is 3.20. The molecule has 1 aromatic heterocycles. The summed E-state index contributed by atoms with van der Waals surface area (Å²) in [6.45, 7) is 17.6. The molecule has 0 radical (unpaired) electrons. The number of aromatic nitrogens is 2. The molecule has 2 unspecified atom stereocenters. The summed E-state index contributed by atoms with van der Waals surface area (Å²) in [5, 5.41) is 19.1. The summed E-state index contributed by atoms with van der Waals surface area (Å²) >= 11 is 0. The fourth-order valence-corrected chi connectivity index (χ4v) is 5.43. The van der Waals surface area contributed by atoms with E-state index in [0.29, 0.717) is 19.7 Å². The molecule has 0 amide bonds. The predicted molar refractivity (Wildman–Crippen MR) is 155 cm³/mol. The Morgan fingerprint density at radius 3 is 1.78 bits per heavy atom. The maximum absolute atomic E-state index is 12.3. The summed E-state index contributed by atoms with van der Waals surface area (Å²) in [6.07, 6.45) is 20.7. The van der Waals surface area contributed by atoms with Gasteiger partial charge < -0.3 is 14.9 Å². The summed E-state index contributed by atoms with van der Waals surface area (Å²) in [6, 6.07) is 0. The Morgan fingerprint density at radius 2 is 1.35 bits per heavy atom. The summed E-state index contributed by atoms with van der Waals surface area (Å²) in [5.41, 5.74) is 0.161. The minimum absolute atomic E-state index is 0.0487. The molecule has 1 aromatic rings. The standard InChI is InChI=1S/C31H56N2O4/c1-6-30(7-2,19-12-11-15-24-34)20-13-16-25-37-26-17-14-21-31(8-3,9-4)22-18-23-33-28(35)27-32(10-5)29(33)36/h6,8,27,34-35H,1,3,7,9-26H2,2,4-5H3. The molecule has 1 rings (SSSR count). The monoisotopic (exact) mass is 520 g/mol. The first-order chi connectivity index (χ1) is 17.9. The van der Waals surface area contributed by atoms with Crippen LogP contribution >= 0.6 is 0 Å². The van der Waals surface area contributed by atoms with Crippen LogP contribution in [0.5, 0.6) is 5.88 Å². The predicted octanol–water partition coefficient (Wildman–Crippen LogP) is 7.23. The maximum Gasteiger partial charge on any atom is 0.331 e. The molecule has 0 spiro atoms. The highest BCUT2D eigenvalue weighted by Crippen LogP contribution is 2.37. The van der Waals surface area contributed by atoms with Gasteiger partial charge in [0, 0.05) is 32.9 Å². The lowest BCUT2D eigenvalue weighted by Crippen LogP contribution is -2.25. The lowest BCUT2D eigenvalue weighted by molar-refractivity contribution is 0.120. The van der Waals surface area contributed by atoms with Gasteiger partial charge in [-0.3, -0.25) is 9.13 Å². The average molecular weight is 521 g/mol. The van der Waals surface area contributed by atoms with Gasteiger partial charge in [-0.2, -0.15) is 0 Å². The van der Waals surface area contributed by atoms with Gasteiger partial charge in [-0.1, -0.05) is 51.7 Å². The van der Waals surface area contributed by atoms with E-state index in [9.17, 15) is 9.90 Å². The maximum atomic E-state index is 12.3. The number of allylic oxidation sites excluding steroid dienone is 2. The summed E-state index contributed by atoms with van der Waals surface area (Å²) in [4.78, 5) is 12.3. The van der Waals surface area contributed by atoms with Crippen LogP contribution in [-0.2, 0) is 17.8 Å². The van der Waals surface area contributed by atoms with Crippen LogP contribution in [0.1, 0.15) is 111 Å². The Kier molecular flexibility index (Phi) is 16.6. The number of unbranched alkanes of at least 4 members (excludes halogenated alkanes) is 4. The Balaban J connectivity index is 2.28. The van der Waals surface area contributed by atoms with Crippen molar-refractivity contribution in [2.24, 2.45) is 10.8 Å². The number of hydrogen-bond acceptors (Lipinski definition) is 4. The van der Waals surface area contributed by atoms with Crippen molar-refractivity contribution < 1.29 is 14.9 Å². The largest absolute Gasteiger partial charge is 0.493 e. The lowest BCUT2D eigenvalue weighted by atomic mass is 9.76. The molecule has 0 aromatic carbocycles. The zero-order valence-electron chi connectivity index (χ0n) is 24.2. The second kappa shape index (κ2) is 18.5. The Bertz CT molecular complexity index is 815. The van der Waals surface area contributed by atoms with Crippen LogP contribution in [0.25, 0.3) is 0 Å². The Morgan fingerprint density at radius 1 is 0.838 bits per heavy atom. The normalized spacial score (nSPS) is 14.8. The van der Waals surface area contributed by atoms with Gasteiger partial charge in [-0.05, 0) is 82.0 Å². The molecule has 0 saturated carbocycles. The zero-order chi connectivity index (χ0) is 27.6. The third-order valence-electron chi connectivity index (χ3n) is 8.46. The van der Waals surface area contributed by atoms with Gasteiger partial charge >= 0.3 is 5.69 Å². The van der Waals surface area contributed by atoms with Gasteiger partial charge in [0.05, 0.1) is 6.20 Å². The van der Waals surface area contributed by atoms with Crippen molar-refractivity contribution in [3.63, 3.8) is 0 Å². The summed E-state index contributed by atoms with van der Waals surface area (Å²) < 4.78 is 8.95. The van der Waals surface area contributed by atoms with Crippen molar-refractivity contribution in [1.29, 1.82) is 0 Å². The van der Waals surface area contributed by atoms with E-state index in [1.54, 1.807) is 0 Å². The van der Waals surface area contributed by atoms with E-state index in [1.807, 2.05) is 6.92 Å². The van der Waals surface area contributed by atoms with Gasteiger partial charge in [0.2, 0.25) is 5.88 Å². The quantitative estimate of drug-likeness (QED) is 0.111. The smallest absolute Gasteiger partial charge is 0.331 e. The number of aliphatic hydroxyl groups is 1. The van der Waals surface area contributed by atoms with E-state index in [-0.39, 0.29) is 22.4 Å². The van der Waals surface area contributed by atoms with Crippen LogP contribution in [0.4, 0.5) is 0 Å². The third-order valence-corrected chi connectivity index (χ3v) is 8.46. The molecule has 0 aliphatic rings. The topological polar surface area (TPSA) is 76.6 Å². The number of imidazole rings is 1. The van der Waals surface area contributed by atoms with E-state index < -0.39 is 0 Å². The highest BCUT2D eigenvalue weighted by atomic mass is 16.5. The van der Waals surface area contributed by atoms with Crippen LogP contribution in [-0.4, -0.2) is 39.2 Å². The minimum atomic E-state index is -0.138. The highest BCUT2D eigenvalue weighted by Gasteiger charge is 2.24. The van der Waals surface area contributed by atoms with E-state index in [0.717, 1.165) is 90.3 Å². The second-order valence-corrected chi connectivity index (χ2v) is 10.7. The molecule has 0 saturated heterocycles. The highest BCUT2D eigenvalue weighted by molar-refractivity contribution is 5.05. The second-order valence-electron chi connectivity index (χ2n) is 10.7. The van der Waals surface area contributed by atoms with Crippen LogP contribution in [0.15, 0.2) is 36.3 Å². The van der Waals surface area contributed by atoms with Crippen molar-refractivity contribution in [2.45, 2.75) is 124 Å². The van der Waals surface area contributed by atoms with E-state index >= 15 is 0 Å². The van der Waals surface area contributed by atoms with E-state index in [1.165, 1.54) is 28.2 Å². The first-order valence-corrected chi connectivity index (χ1v) is 14.8. The fraction of sp³-hybridized carbons (Fsp3) is 0.774. The van der Waals surface area contributed by atoms with E-state index in [2.05, 4.69) is 39.2 Å². The van der Waals surface area contributed by atoms with Crippen LogP contribution in [0, 0.1) is 10.8 Å². The van der Waals surface area contributed by atoms with Gasteiger partial charge in [0.1, 0.15) is 0 Å². The number of hydrogen-bond donors (Lipinski definition) is 2. The molecular formula is C31H56N2O4. The first-order valence-electron chi connectivity index (χ1n) is 14.8. The molecular weight excluding hydrogens is 464 g/mol. The minimum Gasteiger partial charge on any atom is -0.493 e. The number of rotatable bonds is 24. The fourth-order valence-electron chi connectivity index (χ4n) is 5.43. The zero-order valence-corrected chi connectivity index (χ0v) is 24.2. The van der Waals surface area contributed by atoms with Crippen molar-refractivity contribution in [1.82, 2.24) is 9.13 Å². The number of ether oxygens (including phenoxy) is 1. The molecule has 0 bridgehead atoms. The first kappa shape index (κ1) is 33.2. The van der Waals surface area contributed by atoms with Gasteiger partial charge in [0.25, 0.3) is 0 Å². The molecule has 6 nitrogen and oxygen atoms in total. The summed E-state index contributed by atoms with van der Waals surface area (Å²) in [5.74, 6) is 0.0487. The molecule has 0 aliphatic heterocycles. The summed E-state index contributed by atoms with van der Waals surface area (Å²) in [7, 11) is 0. The Labute approximate surface area is 226 Å². The van der Waals surface area contributed by atoms with Crippen molar-refractivity contribution in [3.05, 3.63) is 42.0 Å². The van der Waals surface area contributed by atoms with Crippen molar-refractivity contribution in [3.8, 4) is 5.88 Å². The van der Waals surface area contributed by atoms with Gasteiger partial charge in [-0.25, -0.2) is 4.79 Å². The molecule has 1 heterocycles. The molecule has 6 heteroatoms. The number of nitrogens with zero attached hydrogens (tertiary/aromatic N) is 2. The number of aromatic hydroxyl groups is 1. The molecule has 214 valence electrons. The van der Waals surface area contributed by atoms with Crippen molar-refractivity contribution in [2.75, 3.05) is 19.8 Å². The molecule has 2 atom stereocenters. The van der Waals surface area contributed by atoms with Crippen LogP contribution in [0.3, 0.4) is 0 Å². The van der Waals surface area contributed by atoms with E-state index in [4.69, 9.17) is 9.84 Å². The van der Waals surface area contributed by atoms with Gasteiger partial charge in [0.15, 0.2) is 0 Å². The molecule has 0 fully saturated rings. The number of aryl methyl sites for hydroxylation is 1. The third kappa shape index (κ3) is 11.2.